The lowest BCUT2D eigenvalue weighted by atomic mass is 10.0. The molecule has 0 saturated carbocycles. The number of anilines is 1. The molecule has 0 radical (unpaired) electrons. The Morgan fingerprint density at radius 3 is 2.64 bits per heavy atom. The van der Waals surface area contributed by atoms with Crippen LogP contribution >= 0.6 is 0 Å². The maximum Gasteiger partial charge on any atom is 0.242 e. The summed E-state index contributed by atoms with van der Waals surface area (Å²) in [7, 11) is 1.66. The number of aromatic nitrogens is 1. The molecule has 33 heavy (non-hydrogen) atoms. The standard InChI is InChI=1S/C26H34N4O3/c1-17(2)23(30-25(31)19-10-5-6-11-19)26(32)28-14-7-9-18(3)29-22-16-21(33-4)15-20-12-8-13-27-24(20)22/h5-6,8,10-13,15-18,23,29-31H,7,9,14H2,1-4H3,(H,28,32)/t18?,23-/m1/s1. The number of carbonyl (C=O) groups excluding carboxylic acids is 1. The third-order valence-electron chi connectivity index (χ3n) is 5.61. The van der Waals surface area contributed by atoms with Crippen molar-refractivity contribution in [1.29, 1.82) is 0 Å². The number of methoxy groups -OCH3 is 1. The normalized spacial score (nSPS) is 14.4. The van der Waals surface area contributed by atoms with E-state index in [9.17, 15) is 9.90 Å². The quantitative estimate of drug-likeness (QED) is 0.298. The van der Waals surface area contributed by atoms with Gasteiger partial charge in [-0.1, -0.05) is 32.1 Å². The van der Waals surface area contributed by atoms with Gasteiger partial charge in [-0.2, -0.15) is 0 Å². The zero-order valence-corrected chi connectivity index (χ0v) is 19.8. The minimum Gasteiger partial charge on any atom is -0.497 e. The molecule has 7 heteroatoms. The van der Waals surface area contributed by atoms with Gasteiger partial charge in [0.1, 0.15) is 11.8 Å². The summed E-state index contributed by atoms with van der Waals surface area (Å²) in [5.41, 5.74) is 2.52. The Morgan fingerprint density at radius 2 is 1.94 bits per heavy atom. The number of aliphatic hydroxyl groups is 1. The summed E-state index contributed by atoms with van der Waals surface area (Å²) in [4.78, 5) is 17.2. The number of fused-ring (bicyclic) bond motifs is 1. The number of pyridine rings is 1. The molecular formula is C26H34N4O3. The topological polar surface area (TPSA) is 95.5 Å². The molecule has 2 aromatic rings. The van der Waals surface area contributed by atoms with Crippen LogP contribution in [0.1, 0.15) is 33.6 Å². The predicted molar refractivity (Wildman–Crippen MR) is 133 cm³/mol. The van der Waals surface area contributed by atoms with E-state index in [1.165, 1.54) is 0 Å². The van der Waals surface area contributed by atoms with E-state index in [-0.39, 0.29) is 23.8 Å². The molecule has 0 saturated heterocycles. The highest BCUT2D eigenvalue weighted by Crippen LogP contribution is 2.28. The van der Waals surface area contributed by atoms with Gasteiger partial charge in [0.2, 0.25) is 5.91 Å². The molecule has 1 amide bonds. The second kappa shape index (κ2) is 11.4. The molecule has 0 aliphatic heterocycles. The number of aliphatic hydroxyl groups excluding tert-OH is 1. The van der Waals surface area contributed by atoms with E-state index < -0.39 is 6.04 Å². The third kappa shape index (κ3) is 6.51. The molecular weight excluding hydrogens is 416 g/mol. The average Bonchev–Trinajstić information content (AvgIpc) is 3.35. The van der Waals surface area contributed by atoms with Crippen molar-refractivity contribution in [2.24, 2.45) is 5.92 Å². The van der Waals surface area contributed by atoms with Crippen molar-refractivity contribution in [3.63, 3.8) is 0 Å². The number of rotatable bonds is 11. The van der Waals surface area contributed by atoms with E-state index in [2.05, 4.69) is 27.9 Å². The van der Waals surface area contributed by atoms with Crippen molar-refractivity contribution in [1.82, 2.24) is 15.6 Å². The van der Waals surface area contributed by atoms with Crippen molar-refractivity contribution in [2.75, 3.05) is 19.0 Å². The first kappa shape index (κ1) is 24.2. The fraction of sp³-hybridized carbons (Fsp3) is 0.385. The van der Waals surface area contributed by atoms with Crippen LogP contribution in [0.25, 0.3) is 10.9 Å². The number of allylic oxidation sites excluding steroid dienone is 5. The number of amides is 1. The lowest BCUT2D eigenvalue weighted by Crippen LogP contribution is -2.47. The molecule has 2 atom stereocenters. The van der Waals surface area contributed by atoms with Gasteiger partial charge >= 0.3 is 0 Å². The highest BCUT2D eigenvalue weighted by Gasteiger charge is 2.23. The molecule has 1 heterocycles. The molecule has 0 bridgehead atoms. The molecule has 4 N–H and O–H groups in total. The lowest BCUT2D eigenvalue weighted by molar-refractivity contribution is -0.124. The van der Waals surface area contributed by atoms with E-state index >= 15 is 0 Å². The average molecular weight is 451 g/mol. The molecule has 1 aliphatic carbocycles. The fourth-order valence-electron chi connectivity index (χ4n) is 3.76. The SMILES string of the molecule is COc1cc(NC(C)CCCNC(=O)[C@H](NC(O)=C2C=CC=C2)C(C)C)c2ncccc2c1. The van der Waals surface area contributed by atoms with E-state index in [0.717, 1.165) is 35.2 Å². The Morgan fingerprint density at radius 1 is 1.18 bits per heavy atom. The van der Waals surface area contributed by atoms with Crippen LogP contribution in [0.4, 0.5) is 5.69 Å². The van der Waals surface area contributed by atoms with Crippen molar-refractivity contribution in [3.8, 4) is 5.75 Å². The molecule has 0 spiro atoms. The Hall–Kier alpha value is -3.48. The summed E-state index contributed by atoms with van der Waals surface area (Å²) in [5, 5.41) is 20.8. The molecule has 1 unspecified atom stereocenters. The summed E-state index contributed by atoms with van der Waals surface area (Å²) in [6.45, 7) is 6.58. The summed E-state index contributed by atoms with van der Waals surface area (Å²) in [6.07, 6.45) is 10.8. The summed E-state index contributed by atoms with van der Waals surface area (Å²) in [6, 6.07) is 7.54. The predicted octanol–water partition coefficient (Wildman–Crippen LogP) is 4.45. The first-order chi connectivity index (χ1) is 15.9. The van der Waals surface area contributed by atoms with Gasteiger partial charge in [-0.3, -0.25) is 9.78 Å². The summed E-state index contributed by atoms with van der Waals surface area (Å²) >= 11 is 0. The third-order valence-corrected chi connectivity index (χ3v) is 5.61. The van der Waals surface area contributed by atoms with Crippen LogP contribution in [0.2, 0.25) is 0 Å². The van der Waals surface area contributed by atoms with Gasteiger partial charge in [0.15, 0.2) is 5.88 Å². The van der Waals surface area contributed by atoms with Gasteiger partial charge in [-0.25, -0.2) is 0 Å². The largest absolute Gasteiger partial charge is 0.497 e. The molecule has 3 rings (SSSR count). The van der Waals surface area contributed by atoms with Crippen molar-refractivity contribution >= 4 is 22.5 Å². The highest BCUT2D eigenvalue weighted by atomic mass is 16.5. The van der Waals surface area contributed by atoms with Gasteiger partial charge in [-0.15, -0.1) is 0 Å². The van der Waals surface area contributed by atoms with Crippen molar-refractivity contribution in [3.05, 3.63) is 66.2 Å². The van der Waals surface area contributed by atoms with Crippen LogP contribution in [0.5, 0.6) is 5.75 Å². The molecule has 1 aromatic carbocycles. The maximum absolute atomic E-state index is 12.7. The van der Waals surface area contributed by atoms with Gasteiger partial charge in [0.25, 0.3) is 0 Å². The summed E-state index contributed by atoms with van der Waals surface area (Å²) in [5.74, 6) is 0.709. The van der Waals surface area contributed by atoms with E-state index in [0.29, 0.717) is 12.1 Å². The zero-order chi connectivity index (χ0) is 23.8. The fourth-order valence-corrected chi connectivity index (χ4v) is 3.76. The van der Waals surface area contributed by atoms with Crippen LogP contribution in [-0.2, 0) is 4.79 Å². The molecule has 1 aliphatic rings. The number of carbonyl (C=O) groups is 1. The molecule has 1 aromatic heterocycles. The van der Waals surface area contributed by atoms with Crippen LogP contribution in [-0.4, -0.2) is 41.7 Å². The van der Waals surface area contributed by atoms with Gasteiger partial charge in [0, 0.05) is 35.8 Å². The minimum atomic E-state index is -0.510. The summed E-state index contributed by atoms with van der Waals surface area (Å²) < 4.78 is 5.42. The molecule has 7 nitrogen and oxygen atoms in total. The number of hydrogen-bond donors (Lipinski definition) is 4. The second-order valence-corrected chi connectivity index (χ2v) is 8.62. The number of nitrogens with zero attached hydrogens (tertiary/aromatic N) is 1. The van der Waals surface area contributed by atoms with Gasteiger partial charge in [-0.05, 0) is 50.0 Å². The number of benzene rings is 1. The smallest absolute Gasteiger partial charge is 0.242 e. The Balaban J connectivity index is 1.50. The van der Waals surface area contributed by atoms with Gasteiger partial charge in [0.05, 0.1) is 18.3 Å². The Labute approximate surface area is 195 Å². The van der Waals surface area contributed by atoms with Crippen molar-refractivity contribution in [2.45, 2.75) is 45.7 Å². The Kier molecular flexibility index (Phi) is 8.35. The Bertz CT molecular complexity index is 1040. The molecule has 176 valence electrons. The molecule has 0 fully saturated rings. The van der Waals surface area contributed by atoms with Crippen LogP contribution in [0.3, 0.4) is 0 Å². The zero-order valence-electron chi connectivity index (χ0n) is 19.8. The monoisotopic (exact) mass is 450 g/mol. The van der Waals surface area contributed by atoms with Crippen LogP contribution in [0, 0.1) is 5.92 Å². The number of ether oxygens (including phenoxy) is 1. The van der Waals surface area contributed by atoms with E-state index in [1.807, 2.05) is 50.3 Å². The number of nitrogens with one attached hydrogen (secondary N) is 3. The maximum atomic E-state index is 12.7. The van der Waals surface area contributed by atoms with Crippen molar-refractivity contribution < 1.29 is 14.6 Å². The van der Waals surface area contributed by atoms with Crippen LogP contribution in [0.15, 0.2) is 66.2 Å². The highest BCUT2D eigenvalue weighted by molar-refractivity contribution is 5.92. The first-order valence-corrected chi connectivity index (χ1v) is 11.4. The second-order valence-electron chi connectivity index (χ2n) is 8.62. The van der Waals surface area contributed by atoms with Gasteiger partial charge < -0.3 is 25.8 Å². The minimum absolute atomic E-state index is 0.0193. The number of hydrogen-bond acceptors (Lipinski definition) is 6. The first-order valence-electron chi connectivity index (χ1n) is 11.4. The van der Waals surface area contributed by atoms with Crippen LogP contribution < -0.4 is 20.7 Å². The van der Waals surface area contributed by atoms with E-state index in [4.69, 9.17) is 4.74 Å². The lowest BCUT2D eigenvalue weighted by Gasteiger charge is -2.23. The van der Waals surface area contributed by atoms with E-state index in [1.54, 1.807) is 25.5 Å².